The lowest BCUT2D eigenvalue weighted by molar-refractivity contribution is -0.139. The third-order valence-corrected chi connectivity index (χ3v) is 6.19. The van der Waals surface area contributed by atoms with Crippen molar-refractivity contribution in [3.05, 3.63) is 52.0 Å². The molecule has 2 aromatic carbocycles. The minimum atomic E-state index is -0.537. The minimum absolute atomic E-state index is 0.0167. The van der Waals surface area contributed by atoms with Crippen LogP contribution in [0, 0.1) is 13.8 Å². The number of ether oxygens (including phenoxy) is 3. The van der Waals surface area contributed by atoms with E-state index in [1.165, 1.54) is 5.56 Å². The van der Waals surface area contributed by atoms with Gasteiger partial charge in [0.15, 0.2) is 17.6 Å². The molecule has 30 heavy (non-hydrogen) atoms. The number of carbonyl (C=O) groups excluding carboxylic acids is 1. The van der Waals surface area contributed by atoms with Crippen LogP contribution in [0.1, 0.15) is 23.6 Å². The Labute approximate surface area is 182 Å². The molecule has 0 bridgehead atoms. The molecule has 1 amide bonds. The summed E-state index contributed by atoms with van der Waals surface area (Å²) >= 11 is 6.22. The molecule has 1 fully saturated rings. The standard InChI is InChI=1S/C23H27ClN2O4/c1-15-10-19(11-16(2)22(15)24)30-17(3)23(27)26-8-6-25(7-9-26)13-18-4-5-20-21(12-18)29-14-28-20/h4-5,10-12,17H,6-9,13-14H2,1-3H3/t17-/m0/s1. The Morgan fingerprint density at radius 1 is 1.07 bits per heavy atom. The van der Waals surface area contributed by atoms with Crippen LogP contribution in [0.2, 0.25) is 5.02 Å². The average Bonchev–Trinajstić information content (AvgIpc) is 3.20. The maximum Gasteiger partial charge on any atom is 0.263 e. The molecule has 2 aliphatic heterocycles. The van der Waals surface area contributed by atoms with Gasteiger partial charge in [0.2, 0.25) is 6.79 Å². The summed E-state index contributed by atoms with van der Waals surface area (Å²) in [6.45, 7) is 9.83. The van der Waals surface area contributed by atoms with Gasteiger partial charge in [0.1, 0.15) is 5.75 Å². The molecule has 0 unspecified atom stereocenters. The van der Waals surface area contributed by atoms with Crippen LogP contribution in [0.25, 0.3) is 0 Å². The molecular weight excluding hydrogens is 404 g/mol. The van der Waals surface area contributed by atoms with Crippen LogP contribution < -0.4 is 14.2 Å². The Bertz CT molecular complexity index is 918. The SMILES string of the molecule is Cc1cc(O[C@@H](C)C(=O)N2CCN(Cc3ccc4c(c3)OCO4)CC2)cc(C)c1Cl. The van der Waals surface area contributed by atoms with E-state index < -0.39 is 6.10 Å². The molecule has 160 valence electrons. The summed E-state index contributed by atoms with van der Waals surface area (Å²) < 4.78 is 16.7. The quantitative estimate of drug-likeness (QED) is 0.722. The normalized spacial score (nSPS) is 17.1. The molecule has 0 aromatic heterocycles. The number of amides is 1. The summed E-state index contributed by atoms with van der Waals surface area (Å²) in [5.41, 5.74) is 3.08. The zero-order valence-electron chi connectivity index (χ0n) is 17.6. The van der Waals surface area contributed by atoms with Crippen LogP contribution in [0.4, 0.5) is 0 Å². The number of fused-ring (bicyclic) bond motifs is 1. The number of hydrogen-bond donors (Lipinski definition) is 0. The van der Waals surface area contributed by atoms with Crippen molar-refractivity contribution in [1.82, 2.24) is 9.80 Å². The smallest absolute Gasteiger partial charge is 0.263 e. The van der Waals surface area contributed by atoms with E-state index in [4.69, 9.17) is 25.8 Å². The summed E-state index contributed by atoms with van der Waals surface area (Å²) in [5, 5.41) is 0.736. The van der Waals surface area contributed by atoms with Crippen molar-refractivity contribution in [3.8, 4) is 17.2 Å². The van der Waals surface area contributed by atoms with Crippen molar-refractivity contribution in [1.29, 1.82) is 0 Å². The van der Waals surface area contributed by atoms with E-state index in [0.29, 0.717) is 18.8 Å². The van der Waals surface area contributed by atoms with Crippen molar-refractivity contribution in [2.75, 3.05) is 33.0 Å². The second-order valence-corrected chi connectivity index (χ2v) is 8.30. The molecule has 1 atom stereocenters. The summed E-state index contributed by atoms with van der Waals surface area (Å²) in [6.07, 6.45) is -0.537. The lowest BCUT2D eigenvalue weighted by Gasteiger charge is -2.36. The fraction of sp³-hybridized carbons (Fsp3) is 0.435. The topological polar surface area (TPSA) is 51.2 Å². The number of nitrogens with zero attached hydrogens (tertiary/aromatic N) is 2. The molecular formula is C23H27ClN2O4. The lowest BCUT2D eigenvalue weighted by Crippen LogP contribution is -2.51. The first-order valence-electron chi connectivity index (χ1n) is 10.2. The molecule has 2 aliphatic rings. The fourth-order valence-corrected chi connectivity index (χ4v) is 4.02. The first-order chi connectivity index (χ1) is 14.4. The number of rotatable bonds is 5. The number of halogens is 1. The average molecular weight is 431 g/mol. The van der Waals surface area contributed by atoms with E-state index in [-0.39, 0.29) is 12.7 Å². The van der Waals surface area contributed by atoms with Gasteiger partial charge in [0.05, 0.1) is 0 Å². The highest BCUT2D eigenvalue weighted by molar-refractivity contribution is 6.32. The maximum absolute atomic E-state index is 12.9. The lowest BCUT2D eigenvalue weighted by atomic mass is 10.1. The molecule has 1 saturated heterocycles. The number of aryl methyl sites for hydroxylation is 2. The van der Waals surface area contributed by atoms with Crippen LogP contribution in [0.15, 0.2) is 30.3 Å². The zero-order chi connectivity index (χ0) is 21.3. The van der Waals surface area contributed by atoms with Gasteiger partial charge in [0, 0.05) is 37.7 Å². The van der Waals surface area contributed by atoms with Gasteiger partial charge in [0.25, 0.3) is 5.91 Å². The molecule has 0 spiro atoms. The van der Waals surface area contributed by atoms with E-state index in [0.717, 1.165) is 47.3 Å². The van der Waals surface area contributed by atoms with Gasteiger partial charge in [-0.25, -0.2) is 0 Å². The molecule has 0 aliphatic carbocycles. The number of carbonyl (C=O) groups is 1. The van der Waals surface area contributed by atoms with E-state index in [9.17, 15) is 4.79 Å². The van der Waals surface area contributed by atoms with Crippen molar-refractivity contribution in [2.24, 2.45) is 0 Å². The van der Waals surface area contributed by atoms with Crippen LogP contribution in [-0.4, -0.2) is 54.8 Å². The summed E-state index contributed by atoms with van der Waals surface area (Å²) in [4.78, 5) is 17.1. The number of piperazine rings is 1. The van der Waals surface area contributed by atoms with Crippen molar-refractivity contribution in [3.63, 3.8) is 0 Å². The van der Waals surface area contributed by atoms with Gasteiger partial charge in [-0.15, -0.1) is 0 Å². The van der Waals surface area contributed by atoms with Crippen molar-refractivity contribution in [2.45, 2.75) is 33.4 Å². The molecule has 0 N–H and O–H groups in total. The van der Waals surface area contributed by atoms with E-state index in [1.54, 1.807) is 6.92 Å². The van der Waals surface area contributed by atoms with E-state index >= 15 is 0 Å². The zero-order valence-corrected chi connectivity index (χ0v) is 18.4. The monoisotopic (exact) mass is 430 g/mol. The van der Waals surface area contributed by atoms with Gasteiger partial charge >= 0.3 is 0 Å². The van der Waals surface area contributed by atoms with Gasteiger partial charge in [-0.3, -0.25) is 9.69 Å². The molecule has 2 heterocycles. The van der Waals surface area contributed by atoms with Gasteiger partial charge in [-0.1, -0.05) is 17.7 Å². The number of hydrogen-bond acceptors (Lipinski definition) is 5. The first-order valence-corrected chi connectivity index (χ1v) is 10.6. The third-order valence-electron chi connectivity index (χ3n) is 5.60. The molecule has 0 saturated carbocycles. The fourth-order valence-electron chi connectivity index (χ4n) is 3.91. The predicted molar refractivity (Wildman–Crippen MR) is 115 cm³/mol. The third kappa shape index (κ3) is 4.50. The van der Waals surface area contributed by atoms with Gasteiger partial charge in [-0.2, -0.15) is 0 Å². The highest BCUT2D eigenvalue weighted by Gasteiger charge is 2.26. The Balaban J connectivity index is 1.29. The van der Waals surface area contributed by atoms with Crippen LogP contribution in [-0.2, 0) is 11.3 Å². The second-order valence-electron chi connectivity index (χ2n) is 7.92. The molecule has 0 radical (unpaired) electrons. The molecule has 6 nitrogen and oxygen atoms in total. The Morgan fingerprint density at radius 2 is 1.73 bits per heavy atom. The maximum atomic E-state index is 12.9. The Kier molecular flexibility index (Phi) is 6.06. The van der Waals surface area contributed by atoms with E-state index in [2.05, 4.69) is 11.0 Å². The molecule has 7 heteroatoms. The van der Waals surface area contributed by atoms with Gasteiger partial charge < -0.3 is 19.1 Å². The summed E-state index contributed by atoms with van der Waals surface area (Å²) in [6, 6.07) is 9.81. The van der Waals surface area contributed by atoms with Crippen LogP contribution >= 0.6 is 11.6 Å². The Hall–Kier alpha value is -2.44. The minimum Gasteiger partial charge on any atom is -0.481 e. The largest absolute Gasteiger partial charge is 0.481 e. The van der Waals surface area contributed by atoms with Gasteiger partial charge in [-0.05, 0) is 61.7 Å². The van der Waals surface area contributed by atoms with Crippen LogP contribution in [0.3, 0.4) is 0 Å². The van der Waals surface area contributed by atoms with Crippen LogP contribution in [0.5, 0.6) is 17.2 Å². The molecule has 4 rings (SSSR count). The highest BCUT2D eigenvalue weighted by atomic mass is 35.5. The predicted octanol–water partition coefficient (Wildman–Crippen LogP) is 3.80. The van der Waals surface area contributed by atoms with E-state index in [1.807, 2.05) is 43.0 Å². The summed E-state index contributed by atoms with van der Waals surface area (Å²) in [5.74, 6) is 2.30. The second kappa shape index (κ2) is 8.74. The highest BCUT2D eigenvalue weighted by Crippen LogP contribution is 2.33. The summed E-state index contributed by atoms with van der Waals surface area (Å²) in [7, 11) is 0. The number of benzene rings is 2. The molecule has 2 aromatic rings. The van der Waals surface area contributed by atoms with Crippen molar-refractivity contribution < 1.29 is 19.0 Å². The Morgan fingerprint density at radius 3 is 2.43 bits per heavy atom. The van der Waals surface area contributed by atoms with Crippen molar-refractivity contribution >= 4 is 17.5 Å². The first kappa shape index (κ1) is 20.8.